The summed E-state index contributed by atoms with van der Waals surface area (Å²) in [5.41, 5.74) is -0.703. The van der Waals surface area contributed by atoms with Gasteiger partial charge >= 0.3 is 0 Å². The lowest BCUT2D eigenvalue weighted by Gasteiger charge is -2.28. The van der Waals surface area contributed by atoms with Gasteiger partial charge in [-0.05, 0) is 69.1 Å². The molecule has 8 nitrogen and oxygen atoms in total. The first-order valence-corrected chi connectivity index (χ1v) is 13.3. The summed E-state index contributed by atoms with van der Waals surface area (Å²) in [5.74, 6) is -1.13. The van der Waals surface area contributed by atoms with E-state index in [9.17, 15) is 19.5 Å². The highest BCUT2D eigenvalue weighted by Crippen LogP contribution is 2.17. The van der Waals surface area contributed by atoms with Crippen LogP contribution in [0, 0.1) is 0 Å². The molecule has 0 aliphatic heterocycles. The number of rotatable bonds is 13. The van der Waals surface area contributed by atoms with Crippen molar-refractivity contribution in [3.8, 4) is 0 Å². The SMILES string of the molecule is CC(C)(O)CNCCCNC(=O)C(Cc1ccc2ccccc2c1)NC(=O)C(C)(C)NC(=O)c1ccccc1. The molecule has 0 aliphatic rings. The number of fused-ring (bicyclic) bond motifs is 1. The quantitative estimate of drug-likeness (QED) is 0.217. The molecule has 0 saturated carbocycles. The van der Waals surface area contributed by atoms with Crippen molar-refractivity contribution in [2.45, 2.75) is 57.7 Å². The monoisotopic (exact) mass is 532 g/mol. The second kappa shape index (κ2) is 13.4. The minimum Gasteiger partial charge on any atom is -0.389 e. The van der Waals surface area contributed by atoms with Crippen molar-refractivity contribution in [3.05, 3.63) is 83.9 Å². The summed E-state index contributed by atoms with van der Waals surface area (Å²) in [6.45, 7) is 8.17. The number of benzene rings is 3. The second-order valence-electron chi connectivity index (χ2n) is 11.0. The third-order valence-electron chi connectivity index (χ3n) is 6.29. The molecule has 0 aromatic heterocycles. The topological polar surface area (TPSA) is 120 Å². The molecule has 0 radical (unpaired) electrons. The molecule has 3 rings (SSSR count). The predicted octanol–water partition coefficient (Wildman–Crippen LogP) is 2.94. The lowest BCUT2D eigenvalue weighted by molar-refractivity contribution is -0.131. The third kappa shape index (κ3) is 9.50. The molecule has 0 heterocycles. The number of aliphatic hydroxyl groups is 1. The fourth-order valence-electron chi connectivity index (χ4n) is 4.09. The number of hydrogen-bond acceptors (Lipinski definition) is 5. The first kappa shape index (κ1) is 29.8. The van der Waals surface area contributed by atoms with Gasteiger partial charge in [-0.25, -0.2) is 0 Å². The summed E-state index contributed by atoms with van der Waals surface area (Å²) in [4.78, 5) is 39.3. The zero-order valence-corrected chi connectivity index (χ0v) is 23.2. The molecule has 1 unspecified atom stereocenters. The Kier molecular flexibility index (Phi) is 10.2. The van der Waals surface area contributed by atoms with Crippen LogP contribution in [0.5, 0.6) is 0 Å². The van der Waals surface area contributed by atoms with Crippen LogP contribution in [0.2, 0.25) is 0 Å². The van der Waals surface area contributed by atoms with E-state index in [0.717, 1.165) is 16.3 Å². The second-order valence-corrected chi connectivity index (χ2v) is 11.0. The smallest absolute Gasteiger partial charge is 0.252 e. The van der Waals surface area contributed by atoms with Crippen molar-refractivity contribution >= 4 is 28.5 Å². The molecule has 0 spiro atoms. The Morgan fingerprint density at radius 2 is 1.51 bits per heavy atom. The molecule has 0 aliphatic carbocycles. The van der Waals surface area contributed by atoms with Crippen LogP contribution < -0.4 is 21.3 Å². The molecule has 3 amide bonds. The Hall–Kier alpha value is -3.75. The zero-order valence-electron chi connectivity index (χ0n) is 23.2. The van der Waals surface area contributed by atoms with Crippen LogP contribution >= 0.6 is 0 Å². The van der Waals surface area contributed by atoms with E-state index in [4.69, 9.17) is 0 Å². The van der Waals surface area contributed by atoms with Crippen LogP contribution in [0.15, 0.2) is 72.8 Å². The summed E-state index contributed by atoms with van der Waals surface area (Å²) < 4.78 is 0. The van der Waals surface area contributed by atoms with Gasteiger partial charge in [0, 0.05) is 25.1 Å². The van der Waals surface area contributed by atoms with Gasteiger partial charge in [-0.1, -0.05) is 60.7 Å². The molecule has 39 heavy (non-hydrogen) atoms. The van der Waals surface area contributed by atoms with Crippen molar-refractivity contribution in [1.29, 1.82) is 0 Å². The largest absolute Gasteiger partial charge is 0.389 e. The van der Waals surface area contributed by atoms with Crippen LogP contribution in [0.25, 0.3) is 10.8 Å². The van der Waals surface area contributed by atoms with Gasteiger partial charge in [0.05, 0.1) is 5.60 Å². The van der Waals surface area contributed by atoms with Gasteiger partial charge in [0.1, 0.15) is 11.6 Å². The van der Waals surface area contributed by atoms with Gasteiger partial charge in [0.2, 0.25) is 11.8 Å². The Balaban J connectivity index is 1.68. The highest BCUT2D eigenvalue weighted by Gasteiger charge is 2.33. The first-order chi connectivity index (χ1) is 18.4. The molecule has 0 bridgehead atoms. The lowest BCUT2D eigenvalue weighted by atomic mass is 9.98. The number of nitrogens with one attached hydrogen (secondary N) is 4. The van der Waals surface area contributed by atoms with E-state index in [-0.39, 0.29) is 11.8 Å². The van der Waals surface area contributed by atoms with Crippen LogP contribution in [0.4, 0.5) is 0 Å². The van der Waals surface area contributed by atoms with Gasteiger partial charge in [0.15, 0.2) is 0 Å². The molecule has 3 aromatic carbocycles. The normalized spacial score (nSPS) is 12.5. The van der Waals surface area contributed by atoms with E-state index in [0.29, 0.717) is 38.0 Å². The fourth-order valence-corrected chi connectivity index (χ4v) is 4.09. The Bertz CT molecular complexity index is 1270. The molecule has 8 heteroatoms. The number of hydrogen-bond donors (Lipinski definition) is 5. The Morgan fingerprint density at radius 1 is 0.846 bits per heavy atom. The van der Waals surface area contributed by atoms with Crippen molar-refractivity contribution in [2.75, 3.05) is 19.6 Å². The van der Waals surface area contributed by atoms with Gasteiger partial charge < -0.3 is 26.4 Å². The molecular weight excluding hydrogens is 492 g/mol. The van der Waals surface area contributed by atoms with E-state index in [2.05, 4.69) is 21.3 Å². The standard InChI is InChI=1S/C31H40N4O4/c1-30(2,39)21-32-17-10-18-33-28(37)26(20-22-15-16-23-11-8-9-14-25(23)19-22)34-29(38)31(3,4)35-27(36)24-12-6-5-7-13-24/h5-9,11-16,19,26,32,39H,10,17-18,20-21H2,1-4H3,(H,33,37)(H,34,38)(H,35,36). The molecule has 0 fully saturated rings. The maximum absolute atomic E-state index is 13.3. The summed E-state index contributed by atoms with van der Waals surface area (Å²) in [5, 5.41) is 23.7. The Labute approximate surface area is 230 Å². The van der Waals surface area contributed by atoms with Gasteiger partial charge in [0.25, 0.3) is 5.91 Å². The van der Waals surface area contributed by atoms with E-state index >= 15 is 0 Å². The van der Waals surface area contributed by atoms with Crippen molar-refractivity contribution < 1.29 is 19.5 Å². The summed E-state index contributed by atoms with van der Waals surface area (Å²) >= 11 is 0. The van der Waals surface area contributed by atoms with E-state index in [1.165, 1.54) is 0 Å². The van der Waals surface area contributed by atoms with Crippen LogP contribution in [0.3, 0.4) is 0 Å². The van der Waals surface area contributed by atoms with Crippen molar-refractivity contribution in [2.24, 2.45) is 0 Å². The molecule has 3 aromatic rings. The maximum atomic E-state index is 13.3. The fraction of sp³-hybridized carbons (Fsp3) is 0.387. The highest BCUT2D eigenvalue weighted by atomic mass is 16.3. The first-order valence-electron chi connectivity index (χ1n) is 13.3. The minimum absolute atomic E-state index is 0.294. The van der Waals surface area contributed by atoms with Crippen molar-refractivity contribution in [1.82, 2.24) is 21.3 Å². The van der Waals surface area contributed by atoms with E-state index < -0.39 is 23.1 Å². The molecule has 5 N–H and O–H groups in total. The number of carbonyl (C=O) groups excluding carboxylic acids is 3. The zero-order chi connectivity index (χ0) is 28.5. The van der Waals surface area contributed by atoms with E-state index in [1.807, 2.05) is 48.5 Å². The summed E-state index contributed by atoms with van der Waals surface area (Å²) in [6, 6.07) is 21.8. The number of carbonyl (C=O) groups is 3. The summed E-state index contributed by atoms with van der Waals surface area (Å²) in [6.07, 6.45) is 0.957. The molecule has 1 atom stereocenters. The average Bonchev–Trinajstić information content (AvgIpc) is 2.89. The molecule has 208 valence electrons. The summed E-state index contributed by atoms with van der Waals surface area (Å²) in [7, 11) is 0. The Morgan fingerprint density at radius 3 is 2.21 bits per heavy atom. The average molecular weight is 533 g/mol. The van der Waals surface area contributed by atoms with Crippen LogP contribution in [0.1, 0.15) is 50.0 Å². The lowest BCUT2D eigenvalue weighted by Crippen LogP contribution is -2.59. The van der Waals surface area contributed by atoms with Crippen molar-refractivity contribution in [3.63, 3.8) is 0 Å². The van der Waals surface area contributed by atoms with Gasteiger partial charge in [-0.2, -0.15) is 0 Å². The van der Waals surface area contributed by atoms with Crippen LogP contribution in [-0.4, -0.2) is 59.6 Å². The van der Waals surface area contributed by atoms with Crippen LogP contribution in [-0.2, 0) is 16.0 Å². The molecular formula is C31H40N4O4. The minimum atomic E-state index is -1.25. The maximum Gasteiger partial charge on any atom is 0.252 e. The highest BCUT2D eigenvalue weighted by molar-refractivity contribution is 6.00. The van der Waals surface area contributed by atoms with Gasteiger partial charge in [-0.3, -0.25) is 14.4 Å². The van der Waals surface area contributed by atoms with Gasteiger partial charge in [-0.15, -0.1) is 0 Å². The molecule has 0 saturated heterocycles. The van der Waals surface area contributed by atoms with E-state index in [1.54, 1.807) is 52.0 Å². The predicted molar refractivity (Wildman–Crippen MR) is 154 cm³/mol. The number of amides is 3. The third-order valence-corrected chi connectivity index (χ3v) is 6.29.